The van der Waals surface area contributed by atoms with Crippen molar-refractivity contribution in [3.05, 3.63) is 0 Å². The zero-order valence-corrected chi connectivity index (χ0v) is 8.22. The van der Waals surface area contributed by atoms with Crippen LogP contribution in [0.3, 0.4) is 0 Å². The summed E-state index contributed by atoms with van der Waals surface area (Å²) in [6.07, 6.45) is 4.36. The second kappa shape index (κ2) is 9.48. The molecule has 0 spiro atoms. The van der Waals surface area contributed by atoms with Gasteiger partial charge in [-0.3, -0.25) is 4.79 Å². The predicted molar refractivity (Wildman–Crippen MR) is 54.2 cm³/mol. The normalized spacial score (nSPS) is 10.0. The summed E-state index contributed by atoms with van der Waals surface area (Å²) in [7, 11) is 0. The number of nitrogens with one attached hydrogen (secondary N) is 1. The highest BCUT2D eigenvalue weighted by Gasteiger charge is 1.98. The average molecular weight is 187 g/mol. The van der Waals surface area contributed by atoms with Crippen LogP contribution in [0.4, 0.5) is 0 Å². The molecule has 0 fully saturated rings. The van der Waals surface area contributed by atoms with Crippen LogP contribution in [0.25, 0.3) is 0 Å². The van der Waals surface area contributed by atoms with Gasteiger partial charge in [0, 0.05) is 13.0 Å². The highest BCUT2D eigenvalue weighted by Crippen LogP contribution is 1.93. The van der Waals surface area contributed by atoms with E-state index in [0.29, 0.717) is 19.5 Å². The van der Waals surface area contributed by atoms with E-state index in [-0.39, 0.29) is 5.91 Å². The van der Waals surface area contributed by atoms with E-state index in [1.165, 1.54) is 0 Å². The average Bonchev–Trinajstić information content (AvgIpc) is 2.13. The molecule has 0 aromatic carbocycles. The molecule has 78 valence electrons. The van der Waals surface area contributed by atoms with Crippen molar-refractivity contribution in [1.82, 2.24) is 5.32 Å². The number of carbonyl (C=O) groups excluding carboxylic acids is 1. The first-order valence-corrected chi connectivity index (χ1v) is 4.98. The Balaban J connectivity index is 3.11. The van der Waals surface area contributed by atoms with E-state index < -0.39 is 0 Å². The first-order valence-electron chi connectivity index (χ1n) is 4.98. The lowest BCUT2D eigenvalue weighted by Crippen LogP contribution is -2.24. The van der Waals surface area contributed by atoms with Gasteiger partial charge < -0.3 is 16.8 Å². The van der Waals surface area contributed by atoms with Gasteiger partial charge in [0.15, 0.2) is 0 Å². The second-order valence-corrected chi connectivity index (χ2v) is 3.09. The van der Waals surface area contributed by atoms with Crippen LogP contribution in [0.5, 0.6) is 0 Å². The van der Waals surface area contributed by atoms with E-state index in [1.807, 2.05) is 0 Å². The van der Waals surface area contributed by atoms with Gasteiger partial charge in [-0.15, -0.1) is 0 Å². The fraction of sp³-hybridized carbons (Fsp3) is 0.889. The minimum absolute atomic E-state index is 0.130. The van der Waals surface area contributed by atoms with Gasteiger partial charge in [0.2, 0.25) is 5.91 Å². The smallest absolute Gasteiger partial charge is 0.219 e. The van der Waals surface area contributed by atoms with Crippen molar-refractivity contribution in [2.75, 3.05) is 19.6 Å². The summed E-state index contributed by atoms with van der Waals surface area (Å²) in [5.41, 5.74) is 10.6. The quantitative estimate of drug-likeness (QED) is 0.467. The molecule has 0 radical (unpaired) electrons. The molecule has 0 rings (SSSR count). The maximum Gasteiger partial charge on any atom is 0.219 e. The predicted octanol–water partition coefficient (Wildman–Crippen LogP) is -0.0295. The molecular formula is C9H21N3O. The summed E-state index contributed by atoms with van der Waals surface area (Å²) in [6, 6.07) is 0. The Morgan fingerprint density at radius 3 is 2.23 bits per heavy atom. The summed E-state index contributed by atoms with van der Waals surface area (Å²) in [6.45, 7) is 2.11. The number of carbonyl (C=O) groups is 1. The molecular weight excluding hydrogens is 166 g/mol. The third-order valence-electron chi connectivity index (χ3n) is 1.81. The van der Waals surface area contributed by atoms with E-state index >= 15 is 0 Å². The number of rotatable bonds is 8. The molecule has 0 aliphatic heterocycles. The highest BCUT2D eigenvalue weighted by atomic mass is 16.1. The van der Waals surface area contributed by atoms with Crippen molar-refractivity contribution in [1.29, 1.82) is 0 Å². The molecule has 0 aliphatic carbocycles. The number of hydrogen-bond acceptors (Lipinski definition) is 3. The molecule has 0 unspecified atom stereocenters. The SMILES string of the molecule is NCCCCNC(=O)CCCCN. The summed E-state index contributed by atoms with van der Waals surface area (Å²) in [5, 5.41) is 2.84. The Labute approximate surface area is 80.0 Å². The zero-order valence-electron chi connectivity index (χ0n) is 8.22. The number of hydrogen-bond donors (Lipinski definition) is 3. The first kappa shape index (κ1) is 12.4. The Morgan fingerprint density at radius 2 is 1.62 bits per heavy atom. The monoisotopic (exact) mass is 187 g/mol. The van der Waals surface area contributed by atoms with E-state index in [9.17, 15) is 4.79 Å². The molecule has 0 saturated heterocycles. The molecule has 0 aromatic heterocycles. The zero-order chi connectivity index (χ0) is 9.94. The van der Waals surface area contributed by atoms with Gasteiger partial charge >= 0.3 is 0 Å². The summed E-state index contributed by atoms with van der Waals surface area (Å²) in [5.74, 6) is 0.130. The van der Waals surface area contributed by atoms with Crippen molar-refractivity contribution in [3.63, 3.8) is 0 Å². The van der Waals surface area contributed by atoms with Gasteiger partial charge in [-0.2, -0.15) is 0 Å². The first-order chi connectivity index (χ1) is 6.31. The van der Waals surface area contributed by atoms with Crippen molar-refractivity contribution in [2.24, 2.45) is 11.5 Å². The fourth-order valence-corrected chi connectivity index (χ4v) is 1.02. The van der Waals surface area contributed by atoms with Crippen molar-refractivity contribution in [3.8, 4) is 0 Å². The van der Waals surface area contributed by atoms with Crippen LogP contribution in [0, 0.1) is 0 Å². The molecule has 0 atom stereocenters. The van der Waals surface area contributed by atoms with Crippen LogP contribution >= 0.6 is 0 Å². The van der Waals surface area contributed by atoms with Gasteiger partial charge in [0.1, 0.15) is 0 Å². The molecule has 0 heterocycles. The van der Waals surface area contributed by atoms with Crippen LogP contribution in [0.15, 0.2) is 0 Å². The second-order valence-electron chi connectivity index (χ2n) is 3.09. The van der Waals surface area contributed by atoms with Crippen LogP contribution in [0.1, 0.15) is 32.1 Å². The van der Waals surface area contributed by atoms with Gasteiger partial charge in [-0.1, -0.05) is 0 Å². The Bertz CT molecular complexity index is 128. The van der Waals surface area contributed by atoms with Gasteiger partial charge in [-0.05, 0) is 38.8 Å². The Morgan fingerprint density at radius 1 is 1.00 bits per heavy atom. The topological polar surface area (TPSA) is 81.1 Å². The van der Waals surface area contributed by atoms with Gasteiger partial charge in [-0.25, -0.2) is 0 Å². The van der Waals surface area contributed by atoms with E-state index in [2.05, 4.69) is 5.32 Å². The number of unbranched alkanes of at least 4 members (excludes halogenated alkanes) is 2. The lowest BCUT2D eigenvalue weighted by atomic mass is 10.2. The summed E-state index contributed by atoms with van der Waals surface area (Å²) in [4.78, 5) is 11.1. The fourth-order valence-electron chi connectivity index (χ4n) is 1.02. The van der Waals surface area contributed by atoms with E-state index in [0.717, 1.165) is 32.2 Å². The molecule has 0 saturated carbocycles. The molecule has 4 nitrogen and oxygen atoms in total. The lowest BCUT2D eigenvalue weighted by molar-refractivity contribution is -0.121. The van der Waals surface area contributed by atoms with Crippen LogP contribution < -0.4 is 16.8 Å². The standard InChI is InChI=1S/C9H21N3O/c10-6-2-1-5-9(13)12-8-4-3-7-11/h1-8,10-11H2,(H,12,13). The minimum atomic E-state index is 0.130. The van der Waals surface area contributed by atoms with Gasteiger partial charge in [0.05, 0.1) is 0 Å². The molecule has 4 heteroatoms. The number of nitrogens with two attached hydrogens (primary N) is 2. The Kier molecular flexibility index (Phi) is 9.03. The molecule has 0 aliphatic rings. The maximum atomic E-state index is 11.1. The van der Waals surface area contributed by atoms with E-state index in [4.69, 9.17) is 11.5 Å². The highest BCUT2D eigenvalue weighted by molar-refractivity contribution is 5.75. The molecule has 0 aromatic rings. The van der Waals surface area contributed by atoms with Gasteiger partial charge in [0.25, 0.3) is 0 Å². The maximum absolute atomic E-state index is 11.1. The van der Waals surface area contributed by atoms with Crippen LogP contribution in [0.2, 0.25) is 0 Å². The third-order valence-corrected chi connectivity index (χ3v) is 1.81. The third kappa shape index (κ3) is 9.30. The lowest BCUT2D eigenvalue weighted by Gasteiger charge is -2.03. The van der Waals surface area contributed by atoms with E-state index in [1.54, 1.807) is 0 Å². The molecule has 5 N–H and O–H groups in total. The summed E-state index contributed by atoms with van der Waals surface area (Å²) < 4.78 is 0. The molecule has 13 heavy (non-hydrogen) atoms. The largest absolute Gasteiger partial charge is 0.356 e. The Hall–Kier alpha value is -0.610. The molecule has 1 amide bonds. The summed E-state index contributed by atoms with van der Waals surface area (Å²) >= 11 is 0. The number of amides is 1. The minimum Gasteiger partial charge on any atom is -0.356 e. The van der Waals surface area contributed by atoms with Crippen molar-refractivity contribution >= 4 is 5.91 Å². The van der Waals surface area contributed by atoms with Crippen LogP contribution in [-0.4, -0.2) is 25.5 Å². The van der Waals surface area contributed by atoms with Crippen molar-refractivity contribution < 1.29 is 4.79 Å². The van der Waals surface area contributed by atoms with Crippen LogP contribution in [-0.2, 0) is 4.79 Å². The molecule has 0 bridgehead atoms. The van der Waals surface area contributed by atoms with Crippen molar-refractivity contribution in [2.45, 2.75) is 32.1 Å².